The van der Waals surface area contributed by atoms with E-state index in [1.54, 1.807) is 0 Å². The van der Waals surface area contributed by atoms with Gasteiger partial charge >= 0.3 is 0 Å². The molecule has 0 fully saturated rings. The Hall–Kier alpha value is -1.46. The van der Waals surface area contributed by atoms with Gasteiger partial charge in [-0.3, -0.25) is 0 Å². The lowest BCUT2D eigenvalue weighted by atomic mass is 10.1. The van der Waals surface area contributed by atoms with Crippen molar-refractivity contribution in [1.29, 1.82) is 0 Å². The molecule has 5 heteroatoms. The fraction of sp³-hybridized carbons (Fsp3) is 0.250. The fourth-order valence-electron chi connectivity index (χ4n) is 1.99. The molecule has 2 nitrogen and oxygen atoms in total. The number of nitrogens with two attached hydrogens (primary N) is 1. The molecule has 2 aromatic rings. The number of ether oxygens (including phenoxy) is 1. The van der Waals surface area contributed by atoms with E-state index in [0.717, 1.165) is 16.1 Å². The van der Waals surface area contributed by atoms with E-state index in [0.29, 0.717) is 17.7 Å². The zero-order valence-corrected chi connectivity index (χ0v) is 13.2. The lowest BCUT2D eigenvalue weighted by molar-refractivity contribution is 0.296. The third kappa shape index (κ3) is 4.51. The maximum absolute atomic E-state index is 13.6. The molecule has 2 aromatic carbocycles. The summed E-state index contributed by atoms with van der Waals surface area (Å²) in [6, 6.07) is 9.03. The molecule has 1 atom stereocenters. The highest BCUT2D eigenvalue weighted by molar-refractivity contribution is 9.10. The van der Waals surface area contributed by atoms with Crippen LogP contribution in [-0.2, 0) is 13.0 Å². The number of benzene rings is 2. The average molecular weight is 356 g/mol. The highest BCUT2D eigenvalue weighted by Gasteiger charge is 2.09. The Morgan fingerprint density at radius 1 is 1.14 bits per heavy atom. The summed E-state index contributed by atoms with van der Waals surface area (Å²) in [5, 5.41) is 0. The molecule has 1 unspecified atom stereocenters. The number of rotatable bonds is 5. The summed E-state index contributed by atoms with van der Waals surface area (Å²) in [5.41, 5.74) is 7.08. The summed E-state index contributed by atoms with van der Waals surface area (Å²) in [7, 11) is 0. The van der Waals surface area contributed by atoms with Crippen LogP contribution in [-0.4, -0.2) is 6.04 Å². The molecule has 2 rings (SSSR count). The van der Waals surface area contributed by atoms with Gasteiger partial charge in [0.2, 0.25) is 0 Å². The highest BCUT2D eigenvalue weighted by Crippen LogP contribution is 2.25. The molecule has 2 N–H and O–H groups in total. The smallest absolute Gasteiger partial charge is 0.132 e. The number of hydrogen-bond acceptors (Lipinski definition) is 2. The zero-order chi connectivity index (χ0) is 15.4. The van der Waals surface area contributed by atoms with Crippen LogP contribution in [0.1, 0.15) is 18.1 Å². The predicted molar refractivity (Wildman–Crippen MR) is 82.2 cm³/mol. The van der Waals surface area contributed by atoms with Crippen LogP contribution in [0.4, 0.5) is 8.78 Å². The highest BCUT2D eigenvalue weighted by atomic mass is 79.9. The van der Waals surface area contributed by atoms with Crippen molar-refractivity contribution in [3.8, 4) is 5.75 Å². The molecule has 0 aliphatic rings. The van der Waals surface area contributed by atoms with E-state index < -0.39 is 11.6 Å². The zero-order valence-electron chi connectivity index (χ0n) is 11.6. The van der Waals surface area contributed by atoms with E-state index in [9.17, 15) is 8.78 Å². The maximum Gasteiger partial charge on any atom is 0.132 e. The van der Waals surface area contributed by atoms with Gasteiger partial charge in [-0.25, -0.2) is 8.78 Å². The van der Waals surface area contributed by atoms with E-state index in [1.807, 2.05) is 25.1 Å². The lowest BCUT2D eigenvalue weighted by Crippen LogP contribution is -2.18. The Morgan fingerprint density at radius 2 is 1.90 bits per heavy atom. The molecular weight excluding hydrogens is 340 g/mol. The van der Waals surface area contributed by atoms with Gasteiger partial charge in [0.05, 0.1) is 0 Å². The van der Waals surface area contributed by atoms with Crippen LogP contribution in [0.5, 0.6) is 5.75 Å². The first-order valence-electron chi connectivity index (χ1n) is 6.56. The Bertz CT molecular complexity index is 632. The molecule has 0 heterocycles. The summed E-state index contributed by atoms with van der Waals surface area (Å²) < 4.78 is 33.0. The topological polar surface area (TPSA) is 35.2 Å². The molecule has 0 bridgehead atoms. The maximum atomic E-state index is 13.6. The second-order valence-electron chi connectivity index (χ2n) is 4.96. The summed E-state index contributed by atoms with van der Waals surface area (Å²) >= 11 is 3.40. The van der Waals surface area contributed by atoms with Gasteiger partial charge in [0, 0.05) is 22.1 Å². The van der Waals surface area contributed by atoms with Gasteiger partial charge in [-0.2, -0.15) is 0 Å². The third-order valence-corrected chi connectivity index (χ3v) is 3.46. The molecule has 0 radical (unpaired) electrons. The van der Waals surface area contributed by atoms with Crippen LogP contribution in [0.2, 0.25) is 0 Å². The molecule has 0 saturated carbocycles. The van der Waals surface area contributed by atoms with Crippen molar-refractivity contribution in [3.63, 3.8) is 0 Å². The standard InChI is InChI=1S/C16H16BrF2NO/c1-10(20)6-12-7-13(17)3-5-16(12)21-9-11-2-4-14(18)8-15(11)19/h2-5,7-8,10H,6,9,20H2,1H3. The van der Waals surface area contributed by atoms with E-state index >= 15 is 0 Å². The first-order valence-corrected chi connectivity index (χ1v) is 7.35. The lowest BCUT2D eigenvalue weighted by Gasteiger charge is -2.14. The molecule has 0 amide bonds. The van der Waals surface area contributed by atoms with Gasteiger partial charge in [-0.05, 0) is 49.2 Å². The van der Waals surface area contributed by atoms with Crippen LogP contribution < -0.4 is 10.5 Å². The van der Waals surface area contributed by atoms with Crippen molar-refractivity contribution in [2.45, 2.75) is 26.0 Å². The molecule has 112 valence electrons. The van der Waals surface area contributed by atoms with Gasteiger partial charge in [0.1, 0.15) is 24.0 Å². The predicted octanol–water partition coefficient (Wildman–Crippen LogP) is 4.20. The Morgan fingerprint density at radius 3 is 2.57 bits per heavy atom. The molecule has 0 saturated heterocycles. The fourth-order valence-corrected chi connectivity index (χ4v) is 2.40. The Balaban J connectivity index is 2.15. The van der Waals surface area contributed by atoms with E-state index in [4.69, 9.17) is 10.5 Å². The van der Waals surface area contributed by atoms with E-state index in [1.165, 1.54) is 12.1 Å². The van der Waals surface area contributed by atoms with Gasteiger partial charge < -0.3 is 10.5 Å². The normalized spacial score (nSPS) is 12.2. The molecule has 0 aliphatic heterocycles. The SMILES string of the molecule is CC(N)Cc1cc(Br)ccc1OCc1ccc(F)cc1F. The summed E-state index contributed by atoms with van der Waals surface area (Å²) in [5.74, 6) is -0.558. The van der Waals surface area contributed by atoms with E-state index in [2.05, 4.69) is 15.9 Å². The molecule has 0 aromatic heterocycles. The quantitative estimate of drug-likeness (QED) is 0.872. The van der Waals surface area contributed by atoms with Gasteiger partial charge in [0.15, 0.2) is 0 Å². The minimum Gasteiger partial charge on any atom is -0.489 e. The van der Waals surface area contributed by atoms with Crippen LogP contribution in [0.15, 0.2) is 40.9 Å². The van der Waals surface area contributed by atoms with Gasteiger partial charge in [0.25, 0.3) is 0 Å². The summed E-state index contributed by atoms with van der Waals surface area (Å²) in [6.07, 6.45) is 0.653. The van der Waals surface area contributed by atoms with Crippen molar-refractivity contribution >= 4 is 15.9 Å². The van der Waals surface area contributed by atoms with Gasteiger partial charge in [-0.1, -0.05) is 15.9 Å². The molecular formula is C16H16BrF2NO. The second-order valence-corrected chi connectivity index (χ2v) is 5.87. The van der Waals surface area contributed by atoms with Gasteiger partial charge in [-0.15, -0.1) is 0 Å². The largest absolute Gasteiger partial charge is 0.489 e. The first kappa shape index (κ1) is 15.9. The molecule has 0 aliphatic carbocycles. The number of halogens is 3. The average Bonchev–Trinajstić information content (AvgIpc) is 2.39. The monoisotopic (exact) mass is 355 g/mol. The third-order valence-electron chi connectivity index (χ3n) is 2.96. The van der Waals surface area contributed by atoms with Crippen molar-refractivity contribution < 1.29 is 13.5 Å². The first-order chi connectivity index (χ1) is 9.95. The van der Waals surface area contributed by atoms with Crippen molar-refractivity contribution in [1.82, 2.24) is 0 Å². The van der Waals surface area contributed by atoms with E-state index in [-0.39, 0.29) is 12.6 Å². The Labute approximate surface area is 131 Å². The van der Waals surface area contributed by atoms with Crippen LogP contribution in [0.3, 0.4) is 0 Å². The second kappa shape index (κ2) is 7.00. The molecule has 0 spiro atoms. The Kier molecular flexibility index (Phi) is 5.31. The van der Waals surface area contributed by atoms with Crippen LogP contribution in [0, 0.1) is 11.6 Å². The van der Waals surface area contributed by atoms with Crippen LogP contribution in [0.25, 0.3) is 0 Å². The molecule has 21 heavy (non-hydrogen) atoms. The van der Waals surface area contributed by atoms with Crippen molar-refractivity contribution in [2.75, 3.05) is 0 Å². The minimum atomic E-state index is -0.610. The van der Waals surface area contributed by atoms with Crippen molar-refractivity contribution in [3.05, 3.63) is 63.6 Å². The number of hydrogen-bond donors (Lipinski definition) is 1. The van der Waals surface area contributed by atoms with Crippen molar-refractivity contribution in [2.24, 2.45) is 5.73 Å². The van der Waals surface area contributed by atoms with Crippen LogP contribution >= 0.6 is 15.9 Å². The summed E-state index contributed by atoms with van der Waals surface area (Å²) in [6.45, 7) is 1.95. The summed E-state index contributed by atoms with van der Waals surface area (Å²) in [4.78, 5) is 0. The minimum absolute atomic E-state index is 0.00999.